The van der Waals surface area contributed by atoms with Crippen molar-refractivity contribution in [2.75, 3.05) is 0 Å². The third kappa shape index (κ3) is 3.80. The van der Waals surface area contributed by atoms with Gasteiger partial charge < -0.3 is 10.1 Å². The molecule has 6 heteroatoms. The minimum Gasteiger partial charge on any atom is -0.480 e. The summed E-state index contributed by atoms with van der Waals surface area (Å²) in [5, 5.41) is 3.79. The number of fused-ring (bicyclic) bond motifs is 1. The fraction of sp³-hybridized carbons (Fsp3) is 0.556. The summed E-state index contributed by atoms with van der Waals surface area (Å²) in [5.74, 6) is 1.84. The predicted octanol–water partition coefficient (Wildman–Crippen LogP) is 2.31. The van der Waals surface area contributed by atoms with Crippen molar-refractivity contribution in [3.8, 4) is 5.75 Å². The highest BCUT2D eigenvalue weighted by Crippen LogP contribution is 2.29. The topological polar surface area (TPSA) is 62.4 Å². The quantitative estimate of drug-likeness (QED) is 0.566. The molecule has 130 valence electrons. The number of amides is 1. The number of hydrazine groups is 1. The van der Waals surface area contributed by atoms with Crippen LogP contribution in [0.5, 0.6) is 5.75 Å². The van der Waals surface area contributed by atoms with Crippen molar-refractivity contribution in [1.82, 2.24) is 16.2 Å². The fourth-order valence-corrected chi connectivity index (χ4v) is 3.72. The summed E-state index contributed by atoms with van der Waals surface area (Å²) in [7, 11) is 0. The Labute approximate surface area is 148 Å². The summed E-state index contributed by atoms with van der Waals surface area (Å²) in [6, 6.07) is 8.08. The summed E-state index contributed by atoms with van der Waals surface area (Å²) in [6.07, 6.45) is 3.68. The molecule has 24 heavy (non-hydrogen) atoms. The van der Waals surface area contributed by atoms with E-state index in [9.17, 15) is 4.79 Å². The largest absolute Gasteiger partial charge is 0.480 e. The molecule has 4 atom stereocenters. The SMILES string of the molecule is C[C@@H]1[C@H](C)CCC[C@H]1NC(=S)NNC(=O)[C@@H]1Cc2ccccc2O1. The standard InChI is InChI=1S/C18H25N3O2S/c1-11-6-5-8-14(12(11)2)19-18(24)21-20-17(22)16-10-13-7-3-4-9-15(13)23-16/h3-4,7,9,11-12,14,16H,5-6,8,10H2,1-2H3,(H,20,22)(H2,19,21,24)/t11-,12-,14-,16+/m1/s1. The molecule has 0 bridgehead atoms. The van der Waals surface area contributed by atoms with Gasteiger partial charge in [0.2, 0.25) is 0 Å². The number of para-hydroxylation sites is 1. The van der Waals surface area contributed by atoms with Gasteiger partial charge in [-0.1, -0.05) is 44.9 Å². The van der Waals surface area contributed by atoms with Crippen LogP contribution >= 0.6 is 12.2 Å². The maximum Gasteiger partial charge on any atom is 0.279 e. The van der Waals surface area contributed by atoms with E-state index in [1.165, 1.54) is 12.8 Å². The third-order valence-electron chi connectivity index (χ3n) is 5.26. The lowest BCUT2D eigenvalue weighted by Crippen LogP contribution is -2.54. The Hall–Kier alpha value is -1.82. The van der Waals surface area contributed by atoms with Crippen LogP contribution in [0.25, 0.3) is 0 Å². The van der Waals surface area contributed by atoms with Gasteiger partial charge in [-0.25, -0.2) is 0 Å². The van der Waals surface area contributed by atoms with Crippen molar-refractivity contribution < 1.29 is 9.53 Å². The number of ether oxygens (including phenoxy) is 1. The first-order valence-electron chi connectivity index (χ1n) is 8.65. The smallest absolute Gasteiger partial charge is 0.279 e. The van der Waals surface area contributed by atoms with Crippen LogP contribution in [0, 0.1) is 11.8 Å². The van der Waals surface area contributed by atoms with Crippen LogP contribution in [0.4, 0.5) is 0 Å². The molecule has 0 saturated heterocycles. The van der Waals surface area contributed by atoms with Crippen molar-refractivity contribution in [2.45, 2.75) is 51.7 Å². The molecule has 3 rings (SSSR count). The highest BCUT2D eigenvalue weighted by atomic mass is 32.1. The lowest BCUT2D eigenvalue weighted by atomic mass is 9.78. The Morgan fingerprint density at radius 3 is 2.79 bits per heavy atom. The van der Waals surface area contributed by atoms with Gasteiger partial charge in [0.25, 0.3) is 5.91 Å². The number of rotatable bonds is 2. The third-order valence-corrected chi connectivity index (χ3v) is 5.48. The average molecular weight is 347 g/mol. The normalized spacial score (nSPS) is 28.4. The van der Waals surface area contributed by atoms with Crippen LogP contribution in [0.15, 0.2) is 24.3 Å². The fourth-order valence-electron chi connectivity index (χ4n) is 3.52. The minimum absolute atomic E-state index is 0.208. The zero-order chi connectivity index (χ0) is 17.1. The van der Waals surface area contributed by atoms with Crippen molar-refractivity contribution in [2.24, 2.45) is 11.8 Å². The maximum atomic E-state index is 12.2. The maximum absolute atomic E-state index is 12.2. The van der Waals surface area contributed by atoms with Crippen LogP contribution in [-0.2, 0) is 11.2 Å². The molecule has 1 aromatic rings. The van der Waals surface area contributed by atoms with E-state index in [1.807, 2.05) is 24.3 Å². The van der Waals surface area contributed by atoms with E-state index in [2.05, 4.69) is 30.0 Å². The van der Waals surface area contributed by atoms with Crippen molar-refractivity contribution >= 4 is 23.2 Å². The van der Waals surface area contributed by atoms with Crippen LogP contribution in [0.2, 0.25) is 0 Å². The first-order valence-corrected chi connectivity index (χ1v) is 9.06. The van der Waals surface area contributed by atoms with E-state index < -0.39 is 6.10 Å². The van der Waals surface area contributed by atoms with Gasteiger partial charge >= 0.3 is 0 Å². The molecule has 1 amide bonds. The number of hydrogen-bond donors (Lipinski definition) is 3. The number of carbonyl (C=O) groups excluding carboxylic acids is 1. The molecule has 1 saturated carbocycles. The highest BCUT2D eigenvalue weighted by molar-refractivity contribution is 7.80. The summed E-state index contributed by atoms with van der Waals surface area (Å²) in [6.45, 7) is 4.54. The van der Waals surface area contributed by atoms with Gasteiger partial charge in [0.15, 0.2) is 11.2 Å². The van der Waals surface area contributed by atoms with E-state index in [-0.39, 0.29) is 5.91 Å². The average Bonchev–Trinajstić information content (AvgIpc) is 3.01. The molecular formula is C18H25N3O2S. The summed E-state index contributed by atoms with van der Waals surface area (Å²) >= 11 is 5.31. The molecule has 1 aromatic carbocycles. The minimum atomic E-state index is -0.508. The lowest BCUT2D eigenvalue weighted by Gasteiger charge is -2.35. The van der Waals surface area contributed by atoms with E-state index in [0.717, 1.165) is 17.7 Å². The van der Waals surface area contributed by atoms with E-state index in [0.29, 0.717) is 29.4 Å². The second kappa shape index (κ2) is 7.38. The van der Waals surface area contributed by atoms with Crippen LogP contribution in [0.1, 0.15) is 38.7 Å². The molecule has 0 aromatic heterocycles. The predicted molar refractivity (Wildman–Crippen MR) is 97.5 cm³/mol. The molecule has 0 radical (unpaired) electrons. The van der Waals surface area contributed by atoms with Gasteiger partial charge in [-0.2, -0.15) is 0 Å². The monoisotopic (exact) mass is 347 g/mol. The first kappa shape index (κ1) is 17.0. The van der Waals surface area contributed by atoms with Crippen molar-refractivity contribution in [3.05, 3.63) is 29.8 Å². The zero-order valence-electron chi connectivity index (χ0n) is 14.2. The Morgan fingerprint density at radius 2 is 2.00 bits per heavy atom. The van der Waals surface area contributed by atoms with Gasteiger partial charge in [-0.05, 0) is 42.1 Å². The summed E-state index contributed by atoms with van der Waals surface area (Å²) < 4.78 is 5.67. The molecule has 0 unspecified atom stereocenters. The van der Waals surface area contributed by atoms with E-state index >= 15 is 0 Å². The zero-order valence-corrected chi connectivity index (χ0v) is 15.0. The van der Waals surface area contributed by atoms with Crippen LogP contribution in [-0.4, -0.2) is 23.2 Å². The van der Waals surface area contributed by atoms with Gasteiger partial charge in [-0.3, -0.25) is 15.6 Å². The van der Waals surface area contributed by atoms with Gasteiger partial charge in [0.1, 0.15) is 5.75 Å². The van der Waals surface area contributed by atoms with Gasteiger partial charge in [-0.15, -0.1) is 0 Å². The molecule has 0 spiro atoms. The number of hydrogen-bond acceptors (Lipinski definition) is 3. The molecule has 1 heterocycles. The second-order valence-corrected chi connectivity index (χ2v) is 7.29. The number of thiocarbonyl (C=S) groups is 1. The van der Waals surface area contributed by atoms with Gasteiger partial charge in [0.05, 0.1) is 0 Å². The molecule has 1 aliphatic heterocycles. The first-order chi connectivity index (χ1) is 11.5. The molecule has 3 N–H and O–H groups in total. The Morgan fingerprint density at radius 1 is 1.21 bits per heavy atom. The summed E-state index contributed by atoms with van der Waals surface area (Å²) in [5.41, 5.74) is 6.53. The molecule has 5 nitrogen and oxygen atoms in total. The molecular weight excluding hydrogens is 322 g/mol. The highest BCUT2D eigenvalue weighted by Gasteiger charge is 2.30. The lowest BCUT2D eigenvalue weighted by molar-refractivity contribution is -0.127. The molecule has 2 aliphatic rings. The summed E-state index contributed by atoms with van der Waals surface area (Å²) in [4.78, 5) is 12.2. The Bertz CT molecular complexity index is 597. The van der Waals surface area contributed by atoms with Crippen molar-refractivity contribution in [1.29, 1.82) is 0 Å². The Balaban J connectivity index is 1.44. The molecule has 1 fully saturated rings. The van der Waals surface area contributed by atoms with Crippen molar-refractivity contribution in [3.63, 3.8) is 0 Å². The van der Waals surface area contributed by atoms with Crippen LogP contribution in [0.3, 0.4) is 0 Å². The number of nitrogens with one attached hydrogen (secondary N) is 3. The van der Waals surface area contributed by atoms with E-state index in [4.69, 9.17) is 17.0 Å². The second-order valence-electron chi connectivity index (χ2n) is 6.88. The Kier molecular flexibility index (Phi) is 5.23. The number of benzene rings is 1. The van der Waals surface area contributed by atoms with Crippen LogP contribution < -0.4 is 20.9 Å². The van der Waals surface area contributed by atoms with Gasteiger partial charge in [0, 0.05) is 12.5 Å². The van der Waals surface area contributed by atoms with E-state index in [1.54, 1.807) is 0 Å². The molecule has 1 aliphatic carbocycles. The number of carbonyl (C=O) groups is 1.